The van der Waals surface area contributed by atoms with Gasteiger partial charge in [0, 0.05) is 6.42 Å². The van der Waals surface area contributed by atoms with Gasteiger partial charge >= 0.3 is 5.97 Å². The first kappa shape index (κ1) is 12.7. The highest BCUT2D eigenvalue weighted by atomic mass is 16.6. The van der Waals surface area contributed by atoms with Gasteiger partial charge in [0.25, 0.3) is 0 Å². The van der Waals surface area contributed by atoms with E-state index in [0.29, 0.717) is 24.5 Å². The van der Waals surface area contributed by atoms with Crippen LogP contribution < -0.4 is 9.47 Å². The van der Waals surface area contributed by atoms with Gasteiger partial charge in [0.1, 0.15) is 0 Å². The zero-order chi connectivity index (χ0) is 13.1. The highest BCUT2D eigenvalue weighted by Crippen LogP contribution is 2.32. The molecule has 18 heavy (non-hydrogen) atoms. The largest absolute Gasteiger partial charge is 0.493 e. The molecule has 5 heteroatoms. The molecule has 0 spiro atoms. The van der Waals surface area contributed by atoms with Gasteiger partial charge in [0.05, 0.1) is 19.8 Å². The number of hydrogen-bond acceptors (Lipinski definition) is 5. The lowest BCUT2D eigenvalue weighted by atomic mass is 10.1. The van der Waals surface area contributed by atoms with Crippen LogP contribution in [0.4, 0.5) is 0 Å². The van der Waals surface area contributed by atoms with E-state index in [1.807, 2.05) is 0 Å². The number of carbonyl (C=O) groups is 1. The Bertz CT molecular complexity index is 441. The Morgan fingerprint density at radius 2 is 2.22 bits per heavy atom. The highest BCUT2D eigenvalue weighted by molar-refractivity contribution is 5.77. The Hall–Kier alpha value is -1.75. The molecule has 1 aromatic carbocycles. The Morgan fingerprint density at radius 1 is 1.44 bits per heavy atom. The average molecular weight is 252 g/mol. The topological polar surface area (TPSA) is 65.0 Å². The molecule has 1 fully saturated rings. The molecule has 1 aliphatic rings. The molecule has 1 aromatic rings. The van der Waals surface area contributed by atoms with Gasteiger partial charge in [0.2, 0.25) is 0 Å². The predicted molar refractivity (Wildman–Crippen MR) is 63.6 cm³/mol. The summed E-state index contributed by atoms with van der Waals surface area (Å²) in [6.45, 7) is 2.06. The first-order chi connectivity index (χ1) is 8.61. The minimum Gasteiger partial charge on any atom is -0.493 e. The third-order valence-electron chi connectivity index (χ3n) is 2.83. The first-order valence-electron chi connectivity index (χ1n) is 5.81. The second kappa shape index (κ2) is 5.27. The van der Waals surface area contributed by atoms with Crippen LogP contribution in [-0.2, 0) is 9.53 Å². The first-order valence-corrected chi connectivity index (χ1v) is 5.81. The summed E-state index contributed by atoms with van der Waals surface area (Å²) < 4.78 is 15.6. The molecular formula is C13H16O5. The van der Waals surface area contributed by atoms with Crippen LogP contribution in [0.1, 0.15) is 25.0 Å². The monoisotopic (exact) mass is 252 g/mol. The third kappa shape index (κ3) is 2.56. The second-order valence-corrected chi connectivity index (χ2v) is 4.15. The van der Waals surface area contributed by atoms with Crippen molar-refractivity contribution in [2.75, 3.05) is 13.7 Å². The van der Waals surface area contributed by atoms with Gasteiger partial charge in [-0.3, -0.25) is 0 Å². The van der Waals surface area contributed by atoms with Crippen molar-refractivity contribution in [3.63, 3.8) is 0 Å². The van der Waals surface area contributed by atoms with E-state index < -0.39 is 12.2 Å². The van der Waals surface area contributed by atoms with E-state index in [-0.39, 0.29) is 5.97 Å². The Morgan fingerprint density at radius 3 is 2.78 bits per heavy atom. The number of aliphatic hydroxyl groups excluding tert-OH is 1. The molecule has 0 saturated carbocycles. The van der Waals surface area contributed by atoms with Gasteiger partial charge in [-0.1, -0.05) is 6.07 Å². The van der Waals surface area contributed by atoms with E-state index in [9.17, 15) is 9.90 Å². The van der Waals surface area contributed by atoms with Crippen LogP contribution in [0.15, 0.2) is 18.2 Å². The van der Waals surface area contributed by atoms with Crippen molar-refractivity contribution >= 4 is 5.97 Å². The number of cyclic esters (lactones) is 1. The molecule has 98 valence electrons. The summed E-state index contributed by atoms with van der Waals surface area (Å²) >= 11 is 0. The van der Waals surface area contributed by atoms with Crippen LogP contribution in [0, 0.1) is 0 Å². The number of hydrogen-bond donors (Lipinski definition) is 1. The summed E-state index contributed by atoms with van der Waals surface area (Å²) in [4.78, 5) is 11.3. The van der Waals surface area contributed by atoms with Crippen molar-refractivity contribution in [1.82, 2.24) is 0 Å². The van der Waals surface area contributed by atoms with Gasteiger partial charge in [-0.15, -0.1) is 0 Å². The smallest absolute Gasteiger partial charge is 0.347 e. The molecular weight excluding hydrogens is 236 g/mol. The van der Waals surface area contributed by atoms with Crippen LogP contribution in [-0.4, -0.2) is 30.9 Å². The lowest BCUT2D eigenvalue weighted by Gasteiger charge is -2.15. The van der Waals surface area contributed by atoms with Crippen molar-refractivity contribution in [3.8, 4) is 11.5 Å². The van der Waals surface area contributed by atoms with Crippen molar-refractivity contribution in [2.24, 2.45) is 0 Å². The summed E-state index contributed by atoms with van der Waals surface area (Å²) in [6, 6.07) is 5.12. The molecule has 2 atom stereocenters. The Labute approximate surface area is 105 Å². The van der Waals surface area contributed by atoms with E-state index >= 15 is 0 Å². The summed E-state index contributed by atoms with van der Waals surface area (Å²) in [5, 5.41) is 9.49. The molecule has 0 aromatic heterocycles. The maximum Gasteiger partial charge on any atom is 0.347 e. The lowest BCUT2D eigenvalue weighted by molar-refractivity contribution is -0.143. The molecule has 0 aliphatic carbocycles. The van der Waals surface area contributed by atoms with Crippen LogP contribution >= 0.6 is 0 Å². The number of aliphatic hydroxyl groups is 1. The molecule has 0 amide bonds. The fourth-order valence-electron chi connectivity index (χ4n) is 1.78. The zero-order valence-electron chi connectivity index (χ0n) is 10.4. The summed E-state index contributed by atoms with van der Waals surface area (Å²) in [5.41, 5.74) is 0.730. The molecule has 1 aliphatic heterocycles. The SMILES string of the molecule is COc1cc(C(C)O)ccc1OC1CCOC1=O. The van der Waals surface area contributed by atoms with Crippen LogP contribution in [0.25, 0.3) is 0 Å². The van der Waals surface area contributed by atoms with Gasteiger partial charge in [-0.05, 0) is 24.6 Å². The summed E-state index contributed by atoms with van der Waals surface area (Å²) in [7, 11) is 1.51. The van der Waals surface area contributed by atoms with E-state index in [2.05, 4.69) is 0 Å². The Balaban J connectivity index is 2.19. The molecule has 0 radical (unpaired) electrons. The summed E-state index contributed by atoms with van der Waals surface area (Å²) in [5.74, 6) is 0.621. The van der Waals surface area contributed by atoms with Crippen LogP contribution in [0.5, 0.6) is 11.5 Å². The molecule has 2 rings (SSSR count). The number of methoxy groups -OCH3 is 1. The van der Waals surface area contributed by atoms with Crippen molar-refractivity contribution in [1.29, 1.82) is 0 Å². The number of benzene rings is 1. The number of esters is 1. The normalized spacial score (nSPS) is 20.4. The fraction of sp³-hybridized carbons (Fsp3) is 0.462. The van der Waals surface area contributed by atoms with Crippen LogP contribution in [0.3, 0.4) is 0 Å². The minimum absolute atomic E-state index is 0.350. The van der Waals surface area contributed by atoms with E-state index in [1.165, 1.54) is 7.11 Å². The summed E-state index contributed by atoms with van der Waals surface area (Å²) in [6.07, 6.45) is -0.610. The third-order valence-corrected chi connectivity index (χ3v) is 2.83. The molecule has 1 heterocycles. The molecule has 1 saturated heterocycles. The van der Waals surface area contributed by atoms with Gasteiger partial charge in [-0.25, -0.2) is 4.79 Å². The number of ether oxygens (including phenoxy) is 3. The molecule has 5 nitrogen and oxygen atoms in total. The van der Waals surface area contributed by atoms with Crippen molar-refractivity contribution < 1.29 is 24.1 Å². The zero-order valence-corrected chi connectivity index (χ0v) is 10.4. The number of carbonyl (C=O) groups excluding carboxylic acids is 1. The fourth-order valence-corrected chi connectivity index (χ4v) is 1.78. The minimum atomic E-state index is -0.579. The average Bonchev–Trinajstić information content (AvgIpc) is 2.75. The molecule has 2 unspecified atom stereocenters. The standard InChI is InChI=1S/C13H16O5/c1-8(14)9-3-4-10(12(7-9)16-2)18-11-5-6-17-13(11)15/h3-4,7-8,11,14H,5-6H2,1-2H3. The molecule has 1 N–H and O–H groups in total. The second-order valence-electron chi connectivity index (χ2n) is 4.15. The maximum absolute atomic E-state index is 11.3. The highest BCUT2D eigenvalue weighted by Gasteiger charge is 2.29. The maximum atomic E-state index is 11.3. The number of rotatable bonds is 4. The van der Waals surface area contributed by atoms with Gasteiger partial charge in [0.15, 0.2) is 17.6 Å². The van der Waals surface area contributed by atoms with Crippen molar-refractivity contribution in [2.45, 2.75) is 25.6 Å². The van der Waals surface area contributed by atoms with E-state index in [1.54, 1.807) is 25.1 Å². The van der Waals surface area contributed by atoms with E-state index in [4.69, 9.17) is 14.2 Å². The van der Waals surface area contributed by atoms with Gasteiger partial charge in [-0.2, -0.15) is 0 Å². The molecule has 0 bridgehead atoms. The lowest BCUT2D eigenvalue weighted by Crippen LogP contribution is -2.22. The predicted octanol–water partition coefficient (Wildman–Crippen LogP) is 1.44. The Kier molecular flexibility index (Phi) is 3.72. The van der Waals surface area contributed by atoms with Gasteiger partial charge < -0.3 is 19.3 Å². The van der Waals surface area contributed by atoms with Crippen LogP contribution in [0.2, 0.25) is 0 Å². The van der Waals surface area contributed by atoms with Crippen molar-refractivity contribution in [3.05, 3.63) is 23.8 Å². The quantitative estimate of drug-likeness (QED) is 0.821. The van der Waals surface area contributed by atoms with E-state index in [0.717, 1.165) is 5.56 Å².